The van der Waals surface area contributed by atoms with Gasteiger partial charge in [0.15, 0.2) is 0 Å². The lowest BCUT2D eigenvalue weighted by Crippen LogP contribution is -2.14. The van der Waals surface area contributed by atoms with Gasteiger partial charge in [-0.15, -0.1) is 0 Å². The average Bonchev–Trinajstić information content (AvgIpc) is 0.715. The summed E-state index contributed by atoms with van der Waals surface area (Å²) in [4.78, 5) is 14.9. The molecule has 0 bridgehead atoms. The van der Waals surface area contributed by atoms with Crippen LogP contribution >= 0.6 is 0 Å². The summed E-state index contributed by atoms with van der Waals surface area (Å²) in [6.45, 7) is 17.8. The van der Waals surface area contributed by atoms with Gasteiger partial charge in [0.2, 0.25) is 0 Å². The Bertz CT molecular complexity index is 8470. The fraction of sp³-hybridized carbons (Fsp3) is 0.0769. The number of hydrogen-bond donors (Lipinski definition) is 0. The van der Waals surface area contributed by atoms with Gasteiger partial charge >= 0.3 is 0 Å². The molecule has 0 aliphatic heterocycles. The van der Waals surface area contributed by atoms with Gasteiger partial charge in [-0.3, -0.25) is 0 Å². The molecule has 136 heavy (non-hydrogen) atoms. The van der Waals surface area contributed by atoms with E-state index in [-0.39, 0.29) is 0 Å². The van der Waals surface area contributed by atoms with Crippen molar-refractivity contribution in [2.75, 3.05) is 29.4 Å². The Balaban J connectivity index is 0.686. The number of rotatable bonds is 22. The Morgan fingerprint density at radius 2 is 0.382 bits per heavy atom. The van der Waals surface area contributed by atoms with Crippen LogP contribution in [0.5, 0.6) is 0 Å². The highest BCUT2D eigenvalue weighted by molar-refractivity contribution is 6.34. The van der Waals surface area contributed by atoms with E-state index in [1.54, 1.807) is 0 Å². The van der Waals surface area contributed by atoms with Gasteiger partial charge in [-0.25, -0.2) is 0 Å². The van der Waals surface area contributed by atoms with Crippen molar-refractivity contribution < 1.29 is 0 Å². The van der Waals surface area contributed by atoms with Crippen molar-refractivity contribution in [1.29, 1.82) is 0 Å². The van der Waals surface area contributed by atoms with Gasteiger partial charge in [0, 0.05) is 117 Å². The molecule has 0 aliphatic carbocycles. The van der Waals surface area contributed by atoms with Gasteiger partial charge in [-0.1, -0.05) is 324 Å². The molecule has 0 atom stereocenters. The molecular formula is C130H100N6. The van der Waals surface area contributed by atoms with E-state index in [1.165, 1.54) is 120 Å². The molecule has 0 heterocycles. The van der Waals surface area contributed by atoms with Crippen LogP contribution in [0.1, 0.15) is 72.9 Å². The summed E-state index contributed by atoms with van der Waals surface area (Å²) in [5, 5.41) is 21.5. The lowest BCUT2D eigenvalue weighted by molar-refractivity contribution is 0.866. The highest BCUT2D eigenvalue weighted by atomic mass is 15.2. The molecule has 0 N–H and O–H groups in total. The van der Waals surface area contributed by atoms with E-state index in [9.17, 15) is 0 Å². The third-order valence-electron chi connectivity index (χ3n) is 28.2. The SMILES string of the molecule is Cc1ccc(N(c2ccccc2)c2cc(N(c3ccc(C)cc3)c3ccc(-c4ccc5ccc6c(N(c7ccccc7)c7cccc(C)c7)cc(N(c7ccccc7)c7cccc(C)c7)c7ccc4c5c67)cc3)c3ccc4c(-c5ccc(N(c6ccc(C(C)C)cc6)c6cc(N(c7ccccc7)c7ccc(C(C)C)cc7)c7ccc8cccc9ccc6c7c89)cc5)ccc5ccc2c3c54)cc1. The highest BCUT2D eigenvalue weighted by Gasteiger charge is 2.32. The molecule has 24 aromatic carbocycles. The Kier molecular flexibility index (Phi) is 20.5. The van der Waals surface area contributed by atoms with Crippen molar-refractivity contribution >= 4 is 199 Å². The largest absolute Gasteiger partial charge is 0.310 e. The monoisotopic (exact) mass is 1740 g/mol. The lowest BCUT2D eigenvalue weighted by Gasteiger charge is -2.33. The first-order valence-corrected chi connectivity index (χ1v) is 47.6. The number of para-hydroxylation sites is 4. The third-order valence-corrected chi connectivity index (χ3v) is 28.2. The summed E-state index contributed by atoms with van der Waals surface area (Å²) < 4.78 is 0. The summed E-state index contributed by atoms with van der Waals surface area (Å²) in [5.41, 5.74) is 31.3. The number of benzene rings is 24. The van der Waals surface area contributed by atoms with E-state index in [4.69, 9.17) is 0 Å². The maximum absolute atomic E-state index is 2.51. The number of hydrogen-bond acceptors (Lipinski definition) is 6. The molecule has 0 unspecified atom stereocenters. The fourth-order valence-corrected chi connectivity index (χ4v) is 21.5. The van der Waals surface area contributed by atoms with Crippen LogP contribution in [-0.4, -0.2) is 0 Å². The Morgan fingerprint density at radius 3 is 0.676 bits per heavy atom. The van der Waals surface area contributed by atoms with Gasteiger partial charge in [0.05, 0.1) is 34.1 Å². The molecule has 0 saturated heterocycles. The predicted octanol–water partition coefficient (Wildman–Crippen LogP) is 38.0. The number of aryl methyl sites for hydroxylation is 4. The van der Waals surface area contributed by atoms with Crippen molar-refractivity contribution in [1.82, 2.24) is 0 Å². The quantitative estimate of drug-likeness (QED) is 0.0626. The second kappa shape index (κ2) is 33.8. The third kappa shape index (κ3) is 14.3. The molecule has 0 fully saturated rings. The first-order valence-electron chi connectivity index (χ1n) is 47.6. The van der Waals surface area contributed by atoms with E-state index in [2.05, 4.69) is 534 Å². The van der Waals surface area contributed by atoms with Gasteiger partial charge in [0.25, 0.3) is 0 Å². The van der Waals surface area contributed by atoms with E-state index < -0.39 is 0 Å². The summed E-state index contributed by atoms with van der Waals surface area (Å²) in [6.07, 6.45) is 0. The summed E-state index contributed by atoms with van der Waals surface area (Å²) in [5.74, 6) is 0.744. The zero-order chi connectivity index (χ0) is 91.5. The van der Waals surface area contributed by atoms with Crippen LogP contribution in [0.15, 0.2) is 449 Å². The summed E-state index contributed by atoms with van der Waals surface area (Å²) in [7, 11) is 0. The first kappa shape index (κ1) is 82.4. The van der Waals surface area contributed by atoms with Crippen LogP contribution < -0.4 is 29.4 Å². The minimum absolute atomic E-state index is 0.355. The molecule has 650 valence electrons. The minimum Gasteiger partial charge on any atom is -0.310 e. The van der Waals surface area contributed by atoms with Gasteiger partial charge in [-0.2, -0.15) is 0 Å². The van der Waals surface area contributed by atoms with Crippen molar-refractivity contribution in [2.24, 2.45) is 0 Å². The molecule has 0 radical (unpaired) electrons. The topological polar surface area (TPSA) is 19.4 Å². The molecule has 0 aromatic heterocycles. The van der Waals surface area contributed by atoms with Crippen LogP contribution in [0.25, 0.3) is 119 Å². The summed E-state index contributed by atoms with van der Waals surface area (Å²) in [6, 6.07) is 169. The van der Waals surface area contributed by atoms with Gasteiger partial charge < -0.3 is 29.4 Å². The van der Waals surface area contributed by atoms with E-state index >= 15 is 0 Å². The number of anilines is 18. The molecule has 6 nitrogen and oxygen atoms in total. The van der Waals surface area contributed by atoms with Crippen molar-refractivity contribution in [2.45, 2.75) is 67.2 Å². The van der Waals surface area contributed by atoms with E-state index in [1.807, 2.05) is 0 Å². The zero-order valence-corrected chi connectivity index (χ0v) is 77.6. The normalized spacial score (nSPS) is 11.8. The molecule has 0 aliphatic rings. The fourth-order valence-electron chi connectivity index (χ4n) is 21.5. The van der Waals surface area contributed by atoms with Gasteiger partial charge in [0.1, 0.15) is 0 Å². The molecule has 0 amide bonds. The molecule has 0 saturated carbocycles. The van der Waals surface area contributed by atoms with Crippen LogP contribution in [-0.2, 0) is 0 Å². The van der Waals surface area contributed by atoms with E-state index in [0.717, 1.165) is 135 Å². The zero-order valence-electron chi connectivity index (χ0n) is 77.6. The summed E-state index contributed by atoms with van der Waals surface area (Å²) >= 11 is 0. The van der Waals surface area contributed by atoms with Gasteiger partial charge in [-0.05, 0) is 296 Å². The highest BCUT2D eigenvalue weighted by Crippen LogP contribution is 2.57. The molecular weight excluding hydrogens is 1650 g/mol. The van der Waals surface area contributed by atoms with Crippen LogP contribution in [0.4, 0.5) is 102 Å². The standard InChI is InChI=1S/C130H100N6/c1-83(2)89-42-60-103(61-43-89)132(98-30-15-10-16-31-98)119-80-120(114-71-53-94-27-23-26-93-52-70-113(119)128(114)125(93)94)134(104-62-44-90(45-63-104)84(3)4)106-66-48-92(49-67-106)109-68-50-95-54-72-115-121(131(97-28-13-9-14-29-97)101-56-38-85(5)39-57-101)81-122(117-76-74-111(109)126(95)129(115)117)133(102-58-40-86(6)41-59-102)105-64-46-91(47-65-105)110-69-51-96-55-73-116-123(135(99-32-17-11-18-33-99)107-36-21-24-87(7)78-107)82-124(118-77-75-112(110)127(96)130(116)118)136(100-34-19-12-20-35-100)108-37-22-25-88(8)79-108/h9-84H,1-8H3. The van der Waals surface area contributed by atoms with Crippen LogP contribution in [0, 0.1) is 27.7 Å². The molecule has 24 rings (SSSR count). The maximum Gasteiger partial charge on any atom is 0.0561 e. The van der Waals surface area contributed by atoms with Crippen molar-refractivity contribution in [3.8, 4) is 22.3 Å². The smallest absolute Gasteiger partial charge is 0.0561 e. The van der Waals surface area contributed by atoms with E-state index in [0.29, 0.717) is 11.8 Å². The predicted molar refractivity (Wildman–Crippen MR) is 584 cm³/mol. The maximum atomic E-state index is 2.51. The van der Waals surface area contributed by atoms with Crippen LogP contribution in [0.3, 0.4) is 0 Å². The van der Waals surface area contributed by atoms with Crippen LogP contribution in [0.2, 0.25) is 0 Å². The second-order valence-electron chi connectivity index (χ2n) is 37.4. The molecule has 6 heteroatoms. The molecule has 24 aromatic rings. The average molecular weight is 1750 g/mol. The number of nitrogens with zero attached hydrogens (tertiary/aromatic N) is 6. The minimum atomic E-state index is 0.355. The van der Waals surface area contributed by atoms with Crippen molar-refractivity contribution in [3.05, 3.63) is 482 Å². The lowest BCUT2D eigenvalue weighted by atomic mass is 9.87. The molecule has 0 spiro atoms. The Morgan fingerprint density at radius 1 is 0.154 bits per heavy atom. The van der Waals surface area contributed by atoms with Crippen molar-refractivity contribution in [3.63, 3.8) is 0 Å². The Labute approximate surface area is 795 Å². The first-order chi connectivity index (χ1) is 66.7. The Hall–Kier alpha value is -16.8. The second-order valence-corrected chi connectivity index (χ2v) is 37.4.